The molecule has 0 radical (unpaired) electrons. The van der Waals surface area contributed by atoms with E-state index >= 15 is 0 Å². The average Bonchev–Trinajstić information content (AvgIpc) is 3.30. The molecule has 3 aromatic rings. The van der Waals surface area contributed by atoms with Gasteiger partial charge in [-0.15, -0.1) is 6.42 Å². The normalized spacial score (nSPS) is 21.3. The van der Waals surface area contributed by atoms with Gasteiger partial charge in [0.1, 0.15) is 18.4 Å². The van der Waals surface area contributed by atoms with Crippen molar-refractivity contribution in [3.05, 3.63) is 87.2 Å². The summed E-state index contributed by atoms with van der Waals surface area (Å²) in [4.78, 5) is 37.6. The SMILES string of the molecule is C#C[C@@]1(CO[P@](=O)(NC(C)C(=O)O)Oc2cccc3ccccc23)C=C[C@H](n2cc(C)c(=O)[nH]c2=O)O1. The molecule has 0 amide bonds. The highest BCUT2D eigenvalue weighted by molar-refractivity contribution is 7.52. The summed E-state index contributed by atoms with van der Waals surface area (Å²) in [5.41, 5.74) is -2.52. The van der Waals surface area contributed by atoms with E-state index in [0.717, 1.165) is 9.95 Å². The summed E-state index contributed by atoms with van der Waals surface area (Å²) in [6, 6.07) is 11.0. The van der Waals surface area contributed by atoms with Crippen LogP contribution < -0.4 is 20.9 Å². The summed E-state index contributed by atoms with van der Waals surface area (Å²) in [7, 11) is -4.34. The molecule has 1 unspecified atom stereocenters. The molecule has 1 aliphatic heterocycles. The van der Waals surface area contributed by atoms with Crippen LogP contribution in [0.4, 0.5) is 0 Å². The summed E-state index contributed by atoms with van der Waals surface area (Å²) >= 11 is 0. The monoisotopic (exact) mass is 525 g/mol. The first-order valence-corrected chi connectivity index (χ1v) is 12.7. The minimum absolute atomic E-state index is 0.206. The van der Waals surface area contributed by atoms with Gasteiger partial charge in [-0.05, 0) is 37.5 Å². The topological polar surface area (TPSA) is 149 Å². The van der Waals surface area contributed by atoms with Crippen LogP contribution in [-0.4, -0.2) is 38.9 Å². The van der Waals surface area contributed by atoms with E-state index in [1.807, 2.05) is 18.2 Å². The largest absolute Gasteiger partial charge is 0.480 e. The predicted molar refractivity (Wildman–Crippen MR) is 135 cm³/mol. The Balaban J connectivity index is 1.60. The van der Waals surface area contributed by atoms with Crippen molar-refractivity contribution >= 4 is 24.5 Å². The summed E-state index contributed by atoms with van der Waals surface area (Å²) < 4.78 is 32.2. The van der Waals surface area contributed by atoms with Crippen LogP contribution in [0, 0.1) is 19.3 Å². The number of benzene rings is 2. The summed E-state index contributed by atoms with van der Waals surface area (Å²) in [5.74, 6) is 1.35. The molecule has 37 heavy (non-hydrogen) atoms. The molecule has 0 saturated carbocycles. The van der Waals surface area contributed by atoms with Crippen molar-refractivity contribution in [2.75, 3.05) is 6.61 Å². The molecule has 0 aliphatic carbocycles. The van der Waals surface area contributed by atoms with Gasteiger partial charge in [-0.25, -0.2) is 9.36 Å². The quantitative estimate of drug-likeness (QED) is 0.218. The number of hydrogen-bond donors (Lipinski definition) is 3. The highest BCUT2D eigenvalue weighted by Crippen LogP contribution is 2.48. The maximum absolute atomic E-state index is 13.8. The van der Waals surface area contributed by atoms with Crippen LogP contribution in [0.2, 0.25) is 0 Å². The maximum Gasteiger partial charge on any atom is 0.459 e. The van der Waals surface area contributed by atoms with Crippen LogP contribution in [0.15, 0.2) is 70.4 Å². The van der Waals surface area contributed by atoms with E-state index in [4.69, 9.17) is 20.2 Å². The highest BCUT2D eigenvalue weighted by atomic mass is 31.2. The van der Waals surface area contributed by atoms with E-state index in [-0.39, 0.29) is 11.3 Å². The third kappa shape index (κ3) is 5.58. The van der Waals surface area contributed by atoms with Crippen LogP contribution in [-0.2, 0) is 18.6 Å². The Morgan fingerprint density at radius 2 is 2.05 bits per heavy atom. The molecule has 4 rings (SSSR count). The Hall–Kier alpha value is -3.94. The van der Waals surface area contributed by atoms with Gasteiger partial charge in [0, 0.05) is 17.1 Å². The Labute approximate surface area is 211 Å². The number of carboxylic acids is 1. The summed E-state index contributed by atoms with van der Waals surface area (Å²) in [6.07, 6.45) is 9.00. The standard InChI is InChI=1S/C25H24N3O8P/c1-4-25(13-12-21(35-25)28-14-16(2)22(29)26-24(28)32)15-34-37(33,27-17(3)23(30)31)36-20-11-7-9-18-8-5-6-10-19(18)20/h1,5-14,17,21H,15H2,2-3H3,(H,27,33)(H,30,31)(H,26,29,32)/t17?,21-,25+,37-/m1/s1. The van der Waals surface area contributed by atoms with Crippen molar-refractivity contribution in [3.8, 4) is 18.1 Å². The van der Waals surface area contributed by atoms with E-state index in [1.54, 1.807) is 24.3 Å². The van der Waals surface area contributed by atoms with Crippen LogP contribution in [0.5, 0.6) is 5.75 Å². The van der Waals surface area contributed by atoms with Crippen LogP contribution in [0.1, 0.15) is 18.7 Å². The van der Waals surface area contributed by atoms with Crippen molar-refractivity contribution in [2.45, 2.75) is 31.7 Å². The Kier molecular flexibility index (Phi) is 7.21. The number of nitrogens with one attached hydrogen (secondary N) is 2. The van der Waals surface area contributed by atoms with Crippen LogP contribution >= 0.6 is 7.75 Å². The molecule has 2 aromatic carbocycles. The zero-order chi connectivity index (χ0) is 26.8. The number of rotatable bonds is 9. The molecule has 0 fully saturated rings. The van der Waals surface area contributed by atoms with Gasteiger partial charge in [0.05, 0.1) is 0 Å². The molecule has 2 heterocycles. The number of aliphatic carboxylic acids is 1. The number of aryl methyl sites for hydroxylation is 1. The fourth-order valence-electron chi connectivity index (χ4n) is 3.63. The molecule has 11 nitrogen and oxygen atoms in total. The number of terminal acetylenes is 1. The van der Waals surface area contributed by atoms with Gasteiger partial charge in [0.25, 0.3) is 5.56 Å². The lowest BCUT2D eigenvalue weighted by Crippen LogP contribution is -2.38. The number of nitrogens with zero attached hydrogens (tertiary/aromatic N) is 1. The smallest absolute Gasteiger partial charge is 0.459 e. The average molecular weight is 525 g/mol. The molecule has 1 aliphatic rings. The van der Waals surface area contributed by atoms with E-state index in [2.05, 4.69) is 16.0 Å². The molecule has 3 N–H and O–H groups in total. The Morgan fingerprint density at radius 1 is 1.32 bits per heavy atom. The van der Waals surface area contributed by atoms with Gasteiger partial charge in [0.2, 0.25) is 0 Å². The lowest BCUT2D eigenvalue weighted by Gasteiger charge is -2.28. The Bertz CT molecular complexity index is 1580. The van der Waals surface area contributed by atoms with Gasteiger partial charge < -0.3 is 14.4 Å². The number of aromatic nitrogens is 2. The van der Waals surface area contributed by atoms with E-state index < -0.39 is 49.4 Å². The molecular formula is C25H24N3O8P. The predicted octanol–water partition coefficient (Wildman–Crippen LogP) is 2.72. The fraction of sp³-hybridized carbons (Fsp3) is 0.240. The van der Waals surface area contributed by atoms with Crippen LogP contribution in [0.25, 0.3) is 10.8 Å². The van der Waals surface area contributed by atoms with E-state index in [0.29, 0.717) is 5.39 Å². The zero-order valence-corrected chi connectivity index (χ0v) is 20.8. The highest BCUT2D eigenvalue weighted by Gasteiger charge is 2.40. The first-order valence-electron chi connectivity index (χ1n) is 11.1. The van der Waals surface area contributed by atoms with E-state index in [1.165, 1.54) is 32.2 Å². The molecule has 1 aromatic heterocycles. The molecule has 0 spiro atoms. The first kappa shape index (κ1) is 26.1. The van der Waals surface area contributed by atoms with Crippen molar-refractivity contribution in [1.29, 1.82) is 0 Å². The van der Waals surface area contributed by atoms with Gasteiger partial charge in [-0.3, -0.25) is 23.7 Å². The third-order valence-corrected chi connectivity index (χ3v) is 7.27. The number of hydrogen-bond acceptors (Lipinski definition) is 7. The summed E-state index contributed by atoms with van der Waals surface area (Å²) in [5, 5.41) is 13.2. The molecule has 4 atom stereocenters. The molecule has 0 bridgehead atoms. The number of fused-ring (bicyclic) bond motifs is 1. The lowest BCUT2D eigenvalue weighted by atomic mass is 10.1. The van der Waals surface area contributed by atoms with Crippen molar-refractivity contribution < 1.29 is 28.3 Å². The molecule has 0 saturated heterocycles. The Morgan fingerprint density at radius 3 is 2.78 bits per heavy atom. The second-order valence-corrected chi connectivity index (χ2v) is 10.1. The van der Waals surface area contributed by atoms with Gasteiger partial charge in [-0.2, -0.15) is 5.09 Å². The summed E-state index contributed by atoms with van der Waals surface area (Å²) in [6.45, 7) is 2.31. The van der Waals surface area contributed by atoms with Gasteiger partial charge >= 0.3 is 19.4 Å². The molecular weight excluding hydrogens is 501 g/mol. The van der Waals surface area contributed by atoms with Gasteiger partial charge in [-0.1, -0.05) is 42.3 Å². The minimum atomic E-state index is -4.34. The second kappa shape index (κ2) is 10.2. The number of H-pyrrole nitrogens is 1. The van der Waals surface area contributed by atoms with Crippen LogP contribution in [0.3, 0.4) is 0 Å². The van der Waals surface area contributed by atoms with Gasteiger partial charge in [0.15, 0.2) is 11.8 Å². The molecule has 12 heteroatoms. The minimum Gasteiger partial charge on any atom is -0.480 e. The maximum atomic E-state index is 13.8. The van der Waals surface area contributed by atoms with Crippen molar-refractivity contribution in [1.82, 2.24) is 14.6 Å². The fourth-order valence-corrected chi connectivity index (χ4v) is 5.18. The number of carboxylic acid groups (broad SMARTS) is 1. The number of ether oxygens (including phenoxy) is 1. The molecule has 192 valence electrons. The number of carbonyl (C=O) groups is 1. The zero-order valence-electron chi connectivity index (χ0n) is 19.9. The first-order chi connectivity index (χ1) is 17.5. The number of aromatic amines is 1. The lowest BCUT2D eigenvalue weighted by molar-refractivity contribution is -0.138. The second-order valence-electron chi connectivity index (χ2n) is 8.41. The van der Waals surface area contributed by atoms with Crippen molar-refractivity contribution in [3.63, 3.8) is 0 Å². The van der Waals surface area contributed by atoms with Crippen molar-refractivity contribution in [2.24, 2.45) is 0 Å². The van der Waals surface area contributed by atoms with E-state index in [9.17, 15) is 24.1 Å². The third-order valence-electron chi connectivity index (χ3n) is 5.66.